The summed E-state index contributed by atoms with van der Waals surface area (Å²) >= 11 is 0. The van der Waals surface area contributed by atoms with Crippen LogP contribution in [0.2, 0.25) is 0 Å². The maximum absolute atomic E-state index is 10.3. The highest BCUT2D eigenvalue weighted by Gasteiger charge is 2.03. The minimum Gasteiger partial charge on any atom is -0.481 e. The largest absolute Gasteiger partial charge is 0.481 e. The molecule has 4 nitrogen and oxygen atoms in total. The second-order valence-corrected chi connectivity index (χ2v) is 3.84. The van der Waals surface area contributed by atoms with Gasteiger partial charge in [-0.2, -0.15) is 0 Å². The van der Waals surface area contributed by atoms with E-state index in [1.54, 1.807) is 7.11 Å². The number of hydrogen-bond acceptors (Lipinski definition) is 3. The van der Waals surface area contributed by atoms with Crippen molar-refractivity contribution in [1.29, 1.82) is 0 Å². The summed E-state index contributed by atoms with van der Waals surface area (Å²) in [6.07, 6.45) is 4.33. The number of carbonyl (C=O) groups is 1. The van der Waals surface area contributed by atoms with Crippen molar-refractivity contribution >= 4 is 5.97 Å². The highest BCUT2D eigenvalue weighted by molar-refractivity contribution is 5.66. The molecular formula is C11H23NO3. The monoisotopic (exact) mass is 217 g/mol. The molecule has 15 heavy (non-hydrogen) atoms. The molecule has 90 valence electrons. The van der Waals surface area contributed by atoms with E-state index in [0.29, 0.717) is 12.5 Å². The maximum atomic E-state index is 10.3. The average molecular weight is 217 g/mol. The van der Waals surface area contributed by atoms with Crippen molar-refractivity contribution in [3.63, 3.8) is 0 Å². The van der Waals surface area contributed by atoms with Crippen LogP contribution in [0.25, 0.3) is 0 Å². The zero-order valence-electron chi connectivity index (χ0n) is 9.79. The minimum atomic E-state index is -0.719. The van der Waals surface area contributed by atoms with Crippen LogP contribution in [0.4, 0.5) is 0 Å². The first-order valence-corrected chi connectivity index (χ1v) is 5.61. The predicted molar refractivity (Wildman–Crippen MR) is 60.1 cm³/mol. The van der Waals surface area contributed by atoms with E-state index in [1.807, 2.05) is 6.92 Å². The third-order valence-electron chi connectivity index (χ3n) is 2.31. The molecule has 2 N–H and O–H groups in total. The van der Waals surface area contributed by atoms with Crippen molar-refractivity contribution in [2.24, 2.45) is 0 Å². The van der Waals surface area contributed by atoms with Gasteiger partial charge in [-0.05, 0) is 39.2 Å². The molecule has 4 heteroatoms. The fourth-order valence-electron chi connectivity index (χ4n) is 1.34. The predicted octanol–water partition coefficient (Wildman–Crippen LogP) is 1.65. The fraction of sp³-hybridized carbons (Fsp3) is 0.909. The van der Waals surface area contributed by atoms with E-state index < -0.39 is 5.97 Å². The van der Waals surface area contributed by atoms with Crippen LogP contribution in [0.5, 0.6) is 0 Å². The molecule has 0 saturated carbocycles. The van der Waals surface area contributed by atoms with Crippen molar-refractivity contribution in [1.82, 2.24) is 5.32 Å². The number of aliphatic carboxylic acids is 1. The molecule has 0 amide bonds. The van der Waals surface area contributed by atoms with Crippen LogP contribution >= 0.6 is 0 Å². The second-order valence-electron chi connectivity index (χ2n) is 3.84. The van der Waals surface area contributed by atoms with E-state index in [9.17, 15) is 4.79 Å². The molecule has 0 fully saturated rings. The molecule has 1 unspecified atom stereocenters. The van der Waals surface area contributed by atoms with Gasteiger partial charge in [-0.15, -0.1) is 0 Å². The molecule has 0 bridgehead atoms. The first-order valence-electron chi connectivity index (χ1n) is 5.61. The molecule has 0 spiro atoms. The molecule has 0 radical (unpaired) electrons. The van der Waals surface area contributed by atoms with Gasteiger partial charge >= 0.3 is 5.97 Å². The average Bonchev–Trinajstić information content (AvgIpc) is 2.20. The standard InChI is InChI=1S/C11H23NO3/c1-10(6-7-11(13)14)12-8-4-3-5-9-15-2/h10,12H,3-9H2,1-2H3,(H,13,14). The molecule has 1 atom stereocenters. The van der Waals surface area contributed by atoms with E-state index in [4.69, 9.17) is 9.84 Å². The molecular weight excluding hydrogens is 194 g/mol. The summed E-state index contributed by atoms with van der Waals surface area (Å²) in [6.45, 7) is 3.82. The number of rotatable bonds is 10. The van der Waals surface area contributed by atoms with Gasteiger partial charge in [-0.1, -0.05) is 0 Å². The molecule has 0 aromatic carbocycles. The summed E-state index contributed by atoms with van der Waals surface area (Å²) in [5.74, 6) is -0.719. The minimum absolute atomic E-state index is 0.248. The summed E-state index contributed by atoms with van der Waals surface area (Å²) in [5.41, 5.74) is 0. The summed E-state index contributed by atoms with van der Waals surface area (Å²) in [6, 6.07) is 0.295. The third-order valence-corrected chi connectivity index (χ3v) is 2.31. The van der Waals surface area contributed by atoms with Crippen LogP contribution in [0, 0.1) is 0 Å². The molecule has 0 aromatic heterocycles. The van der Waals surface area contributed by atoms with Crippen LogP contribution in [0.15, 0.2) is 0 Å². The van der Waals surface area contributed by atoms with Gasteiger partial charge < -0.3 is 15.2 Å². The van der Waals surface area contributed by atoms with Crippen molar-refractivity contribution < 1.29 is 14.6 Å². The summed E-state index contributed by atoms with van der Waals surface area (Å²) in [5, 5.41) is 11.8. The fourth-order valence-corrected chi connectivity index (χ4v) is 1.34. The van der Waals surface area contributed by atoms with E-state index in [2.05, 4.69) is 5.32 Å². The molecule has 0 aromatic rings. The first kappa shape index (κ1) is 14.4. The Morgan fingerprint density at radius 1 is 1.40 bits per heavy atom. The number of carboxylic acids is 1. The van der Waals surface area contributed by atoms with E-state index in [-0.39, 0.29) is 6.42 Å². The van der Waals surface area contributed by atoms with Gasteiger partial charge in [0.05, 0.1) is 0 Å². The number of carboxylic acid groups (broad SMARTS) is 1. The normalized spacial score (nSPS) is 12.7. The summed E-state index contributed by atoms with van der Waals surface area (Å²) in [4.78, 5) is 10.3. The van der Waals surface area contributed by atoms with E-state index in [1.165, 1.54) is 0 Å². The molecule has 0 aliphatic rings. The zero-order chi connectivity index (χ0) is 11.5. The lowest BCUT2D eigenvalue weighted by atomic mass is 10.1. The van der Waals surface area contributed by atoms with Crippen LogP contribution in [0.1, 0.15) is 39.0 Å². The lowest BCUT2D eigenvalue weighted by Gasteiger charge is -2.12. The van der Waals surface area contributed by atoms with Crippen LogP contribution in [0.3, 0.4) is 0 Å². The number of ether oxygens (including phenoxy) is 1. The molecule has 0 saturated heterocycles. The topological polar surface area (TPSA) is 58.6 Å². The van der Waals surface area contributed by atoms with Gasteiger partial charge in [0.1, 0.15) is 0 Å². The molecule has 0 rings (SSSR count). The molecule has 0 aliphatic heterocycles. The summed E-state index contributed by atoms with van der Waals surface area (Å²) in [7, 11) is 1.71. The Balaban J connectivity index is 3.16. The van der Waals surface area contributed by atoms with Crippen molar-refractivity contribution in [3.8, 4) is 0 Å². The third kappa shape index (κ3) is 11.3. The Bertz CT molecular complexity index is 162. The van der Waals surface area contributed by atoms with Gasteiger partial charge in [0.15, 0.2) is 0 Å². The zero-order valence-corrected chi connectivity index (χ0v) is 9.79. The van der Waals surface area contributed by atoms with Crippen LogP contribution in [-0.2, 0) is 9.53 Å². The molecule has 0 aliphatic carbocycles. The Kier molecular flexibility index (Phi) is 9.52. The Morgan fingerprint density at radius 2 is 2.13 bits per heavy atom. The van der Waals surface area contributed by atoms with Crippen LogP contribution < -0.4 is 5.32 Å². The van der Waals surface area contributed by atoms with Gasteiger partial charge in [0.2, 0.25) is 0 Å². The summed E-state index contributed by atoms with van der Waals surface area (Å²) < 4.78 is 4.95. The quantitative estimate of drug-likeness (QED) is 0.546. The van der Waals surface area contributed by atoms with Crippen molar-refractivity contribution in [3.05, 3.63) is 0 Å². The van der Waals surface area contributed by atoms with E-state index >= 15 is 0 Å². The SMILES string of the molecule is COCCCCCNC(C)CCC(=O)O. The maximum Gasteiger partial charge on any atom is 0.303 e. The first-order chi connectivity index (χ1) is 7.16. The Morgan fingerprint density at radius 3 is 2.73 bits per heavy atom. The van der Waals surface area contributed by atoms with Crippen molar-refractivity contribution in [2.45, 2.75) is 45.1 Å². The molecule has 0 heterocycles. The lowest BCUT2D eigenvalue weighted by Crippen LogP contribution is -2.27. The van der Waals surface area contributed by atoms with E-state index in [0.717, 1.165) is 32.4 Å². The van der Waals surface area contributed by atoms with Crippen molar-refractivity contribution in [2.75, 3.05) is 20.3 Å². The smallest absolute Gasteiger partial charge is 0.303 e. The number of hydrogen-bond donors (Lipinski definition) is 2. The Hall–Kier alpha value is -0.610. The highest BCUT2D eigenvalue weighted by Crippen LogP contribution is 1.98. The van der Waals surface area contributed by atoms with Gasteiger partial charge in [0.25, 0.3) is 0 Å². The number of nitrogens with one attached hydrogen (secondary N) is 1. The van der Waals surface area contributed by atoms with Gasteiger partial charge in [-0.25, -0.2) is 0 Å². The van der Waals surface area contributed by atoms with Gasteiger partial charge in [-0.3, -0.25) is 4.79 Å². The number of methoxy groups -OCH3 is 1. The Labute approximate surface area is 92.0 Å². The van der Waals surface area contributed by atoms with Gasteiger partial charge in [0, 0.05) is 26.2 Å². The number of unbranched alkanes of at least 4 members (excludes halogenated alkanes) is 2. The highest BCUT2D eigenvalue weighted by atomic mass is 16.5. The second kappa shape index (κ2) is 9.93. The van der Waals surface area contributed by atoms with Crippen LogP contribution in [-0.4, -0.2) is 37.4 Å². The lowest BCUT2D eigenvalue weighted by molar-refractivity contribution is -0.137.